The Balaban J connectivity index is 1.41. The third-order valence-electron chi connectivity index (χ3n) is 7.59. The predicted octanol–water partition coefficient (Wildman–Crippen LogP) is 7.82. The number of hydrogen-bond acceptors (Lipinski definition) is 1. The zero-order valence-electron chi connectivity index (χ0n) is 17.1. The van der Waals surface area contributed by atoms with Crippen LogP contribution in [-0.2, 0) is 0 Å². The van der Waals surface area contributed by atoms with Crippen LogP contribution in [0.1, 0.15) is 74.8 Å². The van der Waals surface area contributed by atoms with E-state index in [1.165, 1.54) is 79.7 Å². The highest BCUT2D eigenvalue weighted by molar-refractivity contribution is 5.86. The zero-order chi connectivity index (χ0) is 19.0. The zero-order valence-corrected chi connectivity index (χ0v) is 17.1. The Labute approximate surface area is 169 Å². The van der Waals surface area contributed by atoms with Crippen LogP contribution in [0.5, 0.6) is 0 Å². The second-order valence-electron chi connectivity index (χ2n) is 9.32. The number of aromatic nitrogens is 1. The number of rotatable bonds is 2. The van der Waals surface area contributed by atoms with Crippen molar-refractivity contribution < 1.29 is 0 Å². The van der Waals surface area contributed by atoms with E-state index in [0.29, 0.717) is 5.41 Å². The number of hydrogen-bond donors (Lipinski definition) is 0. The Morgan fingerprint density at radius 3 is 2.36 bits per heavy atom. The van der Waals surface area contributed by atoms with E-state index in [-0.39, 0.29) is 0 Å². The molecule has 0 amide bonds. The van der Waals surface area contributed by atoms with Gasteiger partial charge in [0, 0.05) is 11.8 Å². The molecule has 1 spiro atoms. The summed E-state index contributed by atoms with van der Waals surface area (Å²) in [5, 5.41) is 2.59. The van der Waals surface area contributed by atoms with Gasteiger partial charge in [-0.3, -0.25) is 4.98 Å². The van der Waals surface area contributed by atoms with Crippen LogP contribution in [0.2, 0.25) is 0 Å². The highest BCUT2D eigenvalue weighted by atomic mass is 14.7. The lowest BCUT2D eigenvalue weighted by atomic mass is 9.62. The number of aryl methyl sites for hydroxylation is 1. The van der Waals surface area contributed by atoms with Gasteiger partial charge in [-0.15, -0.1) is 0 Å². The molecule has 2 aromatic carbocycles. The van der Waals surface area contributed by atoms with E-state index in [2.05, 4.69) is 61.7 Å². The molecule has 1 heteroatoms. The highest BCUT2D eigenvalue weighted by Gasteiger charge is 2.36. The monoisotopic (exact) mass is 369 g/mol. The molecule has 0 unspecified atom stereocenters. The molecule has 144 valence electrons. The molecule has 1 heterocycles. The first-order valence-corrected chi connectivity index (χ1v) is 11.2. The van der Waals surface area contributed by atoms with Gasteiger partial charge >= 0.3 is 0 Å². The quantitative estimate of drug-likeness (QED) is 0.448. The highest BCUT2D eigenvalue weighted by Crippen LogP contribution is 2.51. The Morgan fingerprint density at radius 1 is 0.821 bits per heavy atom. The minimum Gasteiger partial charge on any atom is -0.256 e. The summed E-state index contributed by atoms with van der Waals surface area (Å²) in [4.78, 5) is 4.79. The molecule has 2 aliphatic rings. The summed E-state index contributed by atoms with van der Waals surface area (Å²) < 4.78 is 0. The molecule has 1 aromatic heterocycles. The fourth-order valence-electron chi connectivity index (χ4n) is 5.83. The molecule has 0 N–H and O–H groups in total. The van der Waals surface area contributed by atoms with Gasteiger partial charge in [-0.05, 0) is 90.8 Å². The van der Waals surface area contributed by atoms with Crippen molar-refractivity contribution in [2.75, 3.05) is 0 Å². The Bertz CT molecular complexity index is 970. The third-order valence-corrected chi connectivity index (χ3v) is 7.59. The summed E-state index contributed by atoms with van der Waals surface area (Å²) in [6.07, 6.45) is 15.1. The molecule has 0 atom stereocenters. The molecule has 0 bridgehead atoms. The van der Waals surface area contributed by atoms with Crippen LogP contribution in [-0.4, -0.2) is 4.98 Å². The summed E-state index contributed by atoms with van der Waals surface area (Å²) in [5.74, 6) is 0.717. The molecular weight excluding hydrogens is 338 g/mol. The average Bonchev–Trinajstić information content (AvgIpc) is 2.75. The van der Waals surface area contributed by atoms with Gasteiger partial charge in [-0.1, -0.05) is 55.7 Å². The van der Waals surface area contributed by atoms with Crippen molar-refractivity contribution in [1.82, 2.24) is 4.98 Å². The van der Waals surface area contributed by atoms with Crippen molar-refractivity contribution in [2.45, 2.75) is 70.6 Å². The number of benzene rings is 2. The molecule has 2 aliphatic carbocycles. The van der Waals surface area contributed by atoms with Crippen molar-refractivity contribution >= 4 is 10.8 Å². The second kappa shape index (κ2) is 7.35. The molecule has 28 heavy (non-hydrogen) atoms. The van der Waals surface area contributed by atoms with Crippen LogP contribution in [0.15, 0.2) is 54.7 Å². The van der Waals surface area contributed by atoms with E-state index in [1.54, 1.807) is 5.56 Å². The van der Waals surface area contributed by atoms with Crippen LogP contribution in [0.3, 0.4) is 0 Å². The van der Waals surface area contributed by atoms with Gasteiger partial charge in [-0.2, -0.15) is 0 Å². The number of pyridine rings is 1. The lowest BCUT2D eigenvalue weighted by Gasteiger charge is -2.43. The predicted molar refractivity (Wildman–Crippen MR) is 119 cm³/mol. The molecule has 2 fully saturated rings. The lowest BCUT2D eigenvalue weighted by molar-refractivity contribution is 0.114. The van der Waals surface area contributed by atoms with Crippen molar-refractivity contribution in [3.63, 3.8) is 0 Å². The van der Waals surface area contributed by atoms with Gasteiger partial charge < -0.3 is 0 Å². The number of nitrogens with zero attached hydrogens (tertiary/aromatic N) is 1. The molecule has 0 aliphatic heterocycles. The molecular formula is C27H31N. The topological polar surface area (TPSA) is 12.9 Å². The summed E-state index contributed by atoms with van der Waals surface area (Å²) in [6, 6.07) is 17.7. The Morgan fingerprint density at radius 2 is 1.57 bits per heavy atom. The maximum atomic E-state index is 4.79. The minimum absolute atomic E-state index is 0.691. The summed E-state index contributed by atoms with van der Waals surface area (Å²) in [6.45, 7) is 2.25. The van der Waals surface area contributed by atoms with Crippen LogP contribution < -0.4 is 0 Å². The molecule has 1 nitrogen and oxygen atoms in total. The maximum absolute atomic E-state index is 4.79. The van der Waals surface area contributed by atoms with Crippen molar-refractivity contribution in [1.29, 1.82) is 0 Å². The first-order chi connectivity index (χ1) is 13.7. The standard InChI is InChI=1S/C27H31N/c1-20-19-28-26(24-10-9-21-7-3-4-8-23(21)17-24)18-25(20)22-11-15-27(16-12-22)13-5-2-6-14-27/h3-4,7-10,17-19,22H,2,5-6,11-16H2,1H3. The van der Waals surface area contributed by atoms with Crippen LogP contribution >= 0.6 is 0 Å². The molecule has 2 saturated carbocycles. The molecule has 5 rings (SSSR count). The first-order valence-electron chi connectivity index (χ1n) is 11.2. The fourth-order valence-corrected chi connectivity index (χ4v) is 5.83. The van der Waals surface area contributed by atoms with Crippen LogP contribution in [0, 0.1) is 12.3 Å². The maximum Gasteiger partial charge on any atom is 0.0705 e. The largest absolute Gasteiger partial charge is 0.256 e. The van der Waals surface area contributed by atoms with E-state index in [0.717, 1.165) is 11.6 Å². The first kappa shape index (κ1) is 17.9. The third kappa shape index (κ3) is 3.36. The summed E-state index contributed by atoms with van der Waals surface area (Å²) in [7, 11) is 0. The summed E-state index contributed by atoms with van der Waals surface area (Å²) >= 11 is 0. The second-order valence-corrected chi connectivity index (χ2v) is 9.32. The van der Waals surface area contributed by atoms with Gasteiger partial charge in [0.05, 0.1) is 5.69 Å². The average molecular weight is 370 g/mol. The van der Waals surface area contributed by atoms with Crippen molar-refractivity contribution in [2.24, 2.45) is 5.41 Å². The summed E-state index contributed by atoms with van der Waals surface area (Å²) in [5.41, 5.74) is 5.97. The van der Waals surface area contributed by atoms with E-state index in [4.69, 9.17) is 4.98 Å². The minimum atomic E-state index is 0.691. The molecule has 3 aromatic rings. The van der Waals surface area contributed by atoms with Crippen LogP contribution in [0.25, 0.3) is 22.0 Å². The Hall–Kier alpha value is -2.15. The van der Waals surface area contributed by atoms with Crippen molar-refractivity contribution in [3.05, 3.63) is 65.9 Å². The van der Waals surface area contributed by atoms with Crippen molar-refractivity contribution in [3.8, 4) is 11.3 Å². The van der Waals surface area contributed by atoms with E-state index < -0.39 is 0 Å². The van der Waals surface area contributed by atoms with Gasteiger partial charge in [-0.25, -0.2) is 0 Å². The lowest BCUT2D eigenvalue weighted by Crippen LogP contribution is -2.29. The number of fused-ring (bicyclic) bond motifs is 1. The smallest absolute Gasteiger partial charge is 0.0705 e. The van der Waals surface area contributed by atoms with E-state index >= 15 is 0 Å². The van der Waals surface area contributed by atoms with Gasteiger partial charge in [0.1, 0.15) is 0 Å². The fraction of sp³-hybridized carbons (Fsp3) is 0.444. The van der Waals surface area contributed by atoms with Gasteiger partial charge in [0.25, 0.3) is 0 Å². The van der Waals surface area contributed by atoms with E-state index in [1.807, 2.05) is 0 Å². The Kier molecular flexibility index (Phi) is 4.70. The molecule has 0 saturated heterocycles. The van der Waals surface area contributed by atoms with Crippen LogP contribution in [0.4, 0.5) is 0 Å². The van der Waals surface area contributed by atoms with E-state index in [9.17, 15) is 0 Å². The van der Waals surface area contributed by atoms with Gasteiger partial charge in [0.15, 0.2) is 0 Å². The SMILES string of the molecule is Cc1cnc(-c2ccc3ccccc3c2)cc1C1CCC2(CCCCC2)CC1. The van der Waals surface area contributed by atoms with Gasteiger partial charge in [0.2, 0.25) is 0 Å². The normalized spacial score (nSPS) is 19.9. The molecule has 0 radical (unpaired) electrons.